The monoisotopic (exact) mass is 388 g/mol. The van der Waals surface area contributed by atoms with Crippen LogP contribution in [-0.2, 0) is 22.5 Å². The number of rotatable bonds is 6. The van der Waals surface area contributed by atoms with Crippen LogP contribution in [0.5, 0.6) is 0 Å². The van der Waals surface area contributed by atoms with Gasteiger partial charge < -0.3 is 10.1 Å². The van der Waals surface area contributed by atoms with Crippen molar-refractivity contribution >= 4 is 17.7 Å². The van der Waals surface area contributed by atoms with Crippen LogP contribution in [0.4, 0.5) is 0 Å². The van der Waals surface area contributed by atoms with Gasteiger partial charge >= 0.3 is 5.69 Å². The molecule has 0 saturated carbocycles. The molecule has 7 nitrogen and oxygen atoms in total. The first-order valence-corrected chi connectivity index (χ1v) is 10.5. The average Bonchev–Trinajstić information content (AvgIpc) is 3.32. The Morgan fingerprint density at radius 1 is 1.33 bits per heavy atom. The van der Waals surface area contributed by atoms with E-state index in [9.17, 15) is 9.59 Å². The van der Waals surface area contributed by atoms with E-state index in [1.807, 2.05) is 12.1 Å². The number of nitrogens with zero attached hydrogens (tertiary/aromatic N) is 2. The van der Waals surface area contributed by atoms with E-state index in [1.165, 1.54) is 22.9 Å². The minimum Gasteiger partial charge on any atom is -0.376 e. The first kappa shape index (κ1) is 18.3. The van der Waals surface area contributed by atoms with E-state index >= 15 is 0 Å². The smallest absolute Gasteiger partial charge is 0.344 e. The van der Waals surface area contributed by atoms with Crippen molar-refractivity contribution in [3.05, 3.63) is 45.9 Å². The minimum atomic E-state index is -0.255. The van der Waals surface area contributed by atoms with Crippen LogP contribution in [0.2, 0.25) is 0 Å². The van der Waals surface area contributed by atoms with Crippen LogP contribution in [-0.4, -0.2) is 39.1 Å². The Morgan fingerprint density at radius 2 is 2.22 bits per heavy atom. The summed E-state index contributed by atoms with van der Waals surface area (Å²) < 4.78 is 7.18. The van der Waals surface area contributed by atoms with Gasteiger partial charge in [-0.1, -0.05) is 36.0 Å². The summed E-state index contributed by atoms with van der Waals surface area (Å²) in [6, 6.07) is 8.36. The topological polar surface area (TPSA) is 89.0 Å². The Bertz CT molecular complexity index is 857. The molecule has 27 heavy (non-hydrogen) atoms. The van der Waals surface area contributed by atoms with Gasteiger partial charge in [0.25, 0.3) is 0 Å². The van der Waals surface area contributed by atoms with Gasteiger partial charge in [0.05, 0.1) is 24.4 Å². The molecule has 1 aliphatic carbocycles. The number of hydrogen-bond donors (Lipinski definition) is 2. The lowest BCUT2D eigenvalue weighted by molar-refractivity contribution is -0.119. The summed E-state index contributed by atoms with van der Waals surface area (Å²) in [4.78, 5) is 24.5. The SMILES string of the molecule is O=C(CSc1n[nH]c(=O)n1C[C@@H]1CCCO1)N[C@H]1CCCc2ccccc21. The van der Waals surface area contributed by atoms with Gasteiger partial charge in [-0.2, -0.15) is 0 Å². The second-order valence-corrected chi connectivity index (χ2v) is 8.00. The van der Waals surface area contributed by atoms with Crippen molar-refractivity contribution in [2.45, 2.75) is 56.0 Å². The van der Waals surface area contributed by atoms with Gasteiger partial charge in [0.2, 0.25) is 5.91 Å². The fraction of sp³-hybridized carbons (Fsp3) is 0.526. The summed E-state index contributed by atoms with van der Waals surface area (Å²) in [5.41, 5.74) is 2.28. The van der Waals surface area contributed by atoms with Crippen molar-refractivity contribution in [3.8, 4) is 0 Å². The zero-order chi connectivity index (χ0) is 18.6. The number of benzene rings is 1. The Morgan fingerprint density at radius 3 is 3.07 bits per heavy atom. The molecule has 1 amide bonds. The molecule has 1 aromatic heterocycles. The third kappa shape index (κ3) is 4.27. The number of thioether (sulfide) groups is 1. The summed E-state index contributed by atoms with van der Waals surface area (Å²) >= 11 is 1.28. The fourth-order valence-electron chi connectivity index (χ4n) is 3.84. The first-order chi connectivity index (χ1) is 13.2. The van der Waals surface area contributed by atoms with E-state index in [1.54, 1.807) is 4.57 Å². The maximum absolute atomic E-state index is 12.5. The molecule has 0 bridgehead atoms. The molecule has 1 aromatic carbocycles. The van der Waals surface area contributed by atoms with E-state index < -0.39 is 0 Å². The number of nitrogens with one attached hydrogen (secondary N) is 2. The van der Waals surface area contributed by atoms with Crippen molar-refractivity contribution in [3.63, 3.8) is 0 Å². The van der Waals surface area contributed by atoms with E-state index in [4.69, 9.17) is 4.74 Å². The highest BCUT2D eigenvalue weighted by atomic mass is 32.2. The zero-order valence-electron chi connectivity index (χ0n) is 15.1. The van der Waals surface area contributed by atoms with E-state index in [0.717, 1.165) is 38.7 Å². The highest BCUT2D eigenvalue weighted by Gasteiger charge is 2.23. The maximum Gasteiger partial charge on any atom is 0.344 e. The van der Waals surface area contributed by atoms with Crippen molar-refractivity contribution in [2.24, 2.45) is 0 Å². The number of H-pyrrole nitrogens is 1. The molecule has 1 fully saturated rings. The van der Waals surface area contributed by atoms with Crippen molar-refractivity contribution in [1.29, 1.82) is 0 Å². The number of fused-ring (bicyclic) bond motifs is 1. The quantitative estimate of drug-likeness (QED) is 0.739. The lowest BCUT2D eigenvalue weighted by Gasteiger charge is -2.26. The standard InChI is InChI=1S/C19H24N4O3S/c24-17(20-16-9-3-6-13-5-1-2-8-15(13)16)12-27-19-22-21-18(25)23(19)11-14-7-4-10-26-14/h1-2,5,8,14,16H,3-4,6-7,9-12H2,(H,20,24)(H,21,25)/t14-,16-/m0/s1. The van der Waals surface area contributed by atoms with Crippen molar-refractivity contribution < 1.29 is 9.53 Å². The molecule has 0 unspecified atom stereocenters. The number of carbonyl (C=O) groups excluding carboxylic acids is 1. The van der Waals surface area contributed by atoms with E-state index in [-0.39, 0.29) is 29.5 Å². The van der Waals surface area contributed by atoms with Gasteiger partial charge in [-0.15, -0.1) is 5.10 Å². The average molecular weight is 388 g/mol. The number of aryl methyl sites for hydroxylation is 1. The fourth-order valence-corrected chi connectivity index (χ4v) is 4.60. The highest BCUT2D eigenvalue weighted by molar-refractivity contribution is 7.99. The Hall–Kier alpha value is -2.06. The third-order valence-electron chi connectivity index (χ3n) is 5.17. The number of amides is 1. The van der Waals surface area contributed by atoms with E-state index in [0.29, 0.717) is 11.7 Å². The number of aromatic nitrogens is 3. The molecule has 4 rings (SSSR count). The molecular formula is C19H24N4O3S. The molecule has 2 aromatic rings. The zero-order valence-corrected chi connectivity index (χ0v) is 16.0. The molecule has 2 heterocycles. The lowest BCUT2D eigenvalue weighted by Crippen LogP contribution is -2.32. The molecule has 1 saturated heterocycles. The lowest BCUT2D eigenvalue weighted by atomic mass is 9.88. The van der Waals surface area contributed by atoms with Crippen molar-refractivity contribution in [1.82, 2.24) is 20.1 Å². The molecule has 0 radical (unpaired) electrons. The molecular weight excluding hydrogens is 364 g/mol. The number of carbonyl (C=O) groups is 1. The minimum absolute atomic E-state index is 0.0409. The van der Waals surface area contributed by atoms with Gasteiger partial charge in [-0.05, 0) is 43.2 Å². The van der Waals surface area contributed by atoms with Crippen LogP contribution in [0.1, 0.15) is 42.9 Å². The predicted octanol–water partition coefficient (Wildman–Crippen LogP) is 2.04. The first-order valence-electron chi connectivity index (χ1n) is 9.47. The summed E-state index contributed by atoms with van der Waals surface area (Å²) in [6.45, 7) is 1.22. The summed E-state index contributed by atoms with van der Waals surface area (Å²) in [7, 11) is 0. The van der Waals surface area contributed by atoms with Crippen LogP contribution in [0.25, 0.3) is 0 Å². The Balaban J connectivity index is 1.36. The van der Waals surface area contributed by atoms with Gasteiger partial charge in [0, 0.05) is 6.61 Å². The molecule has 8 heteroatoms. The normalized spacial score (nSPS) is 21.8. The highest BCUT2D eigenvalue weighted by Crippen LogP contribution is 2.29. The summed E-state index contributed by atoms with van der Waals surface area (Å²) in [6.07, 6.45) is 5.12. The van der Waals surface area contributed by atoms with Gasteiger partial charge in [-0.3, -0.25) is 9.36 Å². The molecule has 0 spiro atoms. The molecule has 2 aliphatic rings. The van der Waals surface area contributed by atoms with Crippen LogP contribution in [0.3, 0.4) is 0 Å². The van der Waals surface area contributed by atoms with Crippen LogP contribution in [0, 0.1) is 0 Å². The van der Waals surface area contributed by atoms with Gasteiger partial charge in [0.15, 0.2) is 5.16 Å². The third-order valence-corrected chi connectivity index (χ3v) is 6.15. The Labute approximate surface area is 161 Å². The number of aromatic amines is 1. The van der Waals surface area contributed by atoms with Crippen LogP contribution < -0.4 is 11.0 Å². The molecule has 1 aliphatic heterocycles. The maximum atomic E-state index is 12.5. The van der Waals surface area contributed by atoms with Crippen LogP contribution >= 0.6 is 11.8 Å². The van der Waals surface area contributed by atoms with Crippen LogP contribution in [0.15, 0.2) is 34.2 Å². The molecule has 2 atom stereocenters. The van der Waals surface area contributed by atoms with Crippen molar-refractivity contribution in [2.75, 3.05) is 12.4 Å². The summed E-state index contributed by atoms with van der Waals surface area (Å²) in [5, 5.41) is 10.2. The largest absolute Gasteiger partial charge is 0.376 e. The summed E-state index contributed by atoms with van der Waals surface area (Å²) in [5.74, 6) is 0.190. The number of ether oxygens (including phenoxy) is 1. The van der Waals surface area contributed by atoms with Gasteiger partial charge in [-0.25, -0.2) is 9.89 Å². The second kappa shape index (κ2) is 8.31. The second-order valence-electron chi connectivity index (χ2n) is 7.06. The van der Waals surface area contributed by atoms with Gasteiger partial charge in [0.1, 0.15) is 0 Å². The molecule has 144 valence electrons. The molecule has 2 N–H and O–H groups in total. The van der Waals surface area contributed by atoms with E-state index in [2.05, 4.69) is 27.6 Å². The Kier molecular flexibility index (Phi) is 5.63. The number of hydrogen-bond acceptors (Lipinski definition) is 5. The predicted molar refractivity (Wildman–Crippen MR) is 103 cm³/mol.